The van der Waals surface area contributed by atoms with Crippen LogP contribution in [-0.2, 0) is 16.6 Å². The summed E-state index contributed by atoms with van der Waals surface area (Å²) in [5.41, 5.74) is 2.82. The van der Waals surface area contributed by atoms with Crippen LogP contribution in [0.15, 0.2) is 18.2 Å². The van der Waals surface area contributed by atoms with Crippen LogP contribution in [0.1, 0.15) is 25.0 Å². The van der Waals surface area contributed by atoms with Crippen LogP contribution in [0.25, 0.3) is 0 Å². The molecule has 1 N–H and O–H groups in total. The van der Waals surface area contributed by atoms with Crippen molar-refractivity contribution in [1.82, 2.24) is 5.32 Å². The molecule has 1 fully saturated rings. The van der Waals surface area contributed by atoms with Crippen molar-refractivity contribution in [3.05, 3.63) is 29.3 Å². The highest BCUT2D eigenvalue weighted by atomic mass is 16.5. The zero-order valence-corrected chi connectivity index (χ0v) is 11.4. The van der Waals surface area contributed by atoms with Crippen molar-refractivity contribution in [1.29, 1.82) is 0 Å². The second-order valence-electron chi connectivity index (χ2n) is 5.87. The Morgan fingerprint density at radius 1 is 1.28 bits per heavy atom. The summed E-state index contributed by atoms with van der Waals surface area (Å²) in [5, 5.41) is 3.44. The van der Waals surface area contributed by atoms with E-state index >= 15 is 0 Å². The van der Waals surface area contributed by atoms with Gasteiger partial charge in [0.15, 0.2) is 0 Å². The van der Waals surface area contributed by atoms with Gasteiger partial charge in [-0.05, 0) is 38.1 Å². The monoisotopic (exact) mass is 247 g/mol. The summed E-state index contributed by atoms with van der Waals surface area (Å²) >= 11 is 0. The molecule has 0 unspecified atom stereocenters. The van der Waals surface area contributed by atoms with E-state index < -0.39 is 0 Å². The number of nitrogens with one attached hydrogen (secondary N) is 1. The number of benzene rings is 1. The van der Waals surface area contributed by atoms with Gasteiger partial charge < -0.3 is 14.8 Å². The van der Waals surface area contributed by atoms with E-state index in [4.69, 9.17) is 9.47 Å². The van der Waals surface area contributed by atoms with Gasteiger partial charge in [0.2, 0.25) is 0 Å². The minimum absolute atomic E-state index is 0.0267. The molecule has 98 valence electrons. The quantitative estimate of drug-likeness (QED) is 0.884. The molecule has 0 aliphatic carbocycles. The molecule has 3 rings (SSSR count). The lowest BCUT2D eigenvalue weighted by Crippen LogP contribution is -2.65. The first-order valence-corrected chi connectivity index (χ1v) is 6.62. The first kappa shape index (κ1) is 12.0. The Balaban J connectivity index is 2.02. The number of likely N-dealkylation sites (N-methyl/N-ethyl adjacent to an activating group) is 1. The van der Waals surface area contributed by atoms with Crippen LogP contribution in [0.4, 0.5) is 0 Å². The molecule has 2 aliphatic heterocycles. The third kappa shape index (κ3) is 1.50. The minimum Gasteiger partial charge on any atom is -0.493 e. The lowest BCUT2D eigenvalue weighted by molar-refractivity contribution is -0.0991. The van der Waals surface area contributed by atoms with E-state index in [1.54, 1.807) is 0 Å². The van der Waals surface area contributed by atoms with E-state index in [0.29, 0.717) is 0 Å². The number of hydrogen-bond acceptors (Lipinski definition) is 3. The Kier molecular flexibility index (Phi) is 2.65. The van der Waals surface area contributed by atoms with Gasteiger partial charge in [-0.25, -0.2) is 0 Å². The van der Waals surface area contributed by atoms with Gasteiger partial charge in [0.1, 0.15) is 5.75 Å². The normalized spacial score (nSPS) is 21.1. The lowest BCUT2D eigenvalue weighted by atomic mass is 9.65. The van der Waals surface area contributed by atoms with Crippen molar-refractivity contribution < 1.29 is 9.47 Å². The highest BCUT2D eigenvalue weighted by molar-refractivity contribution is 5.44. The smallest absolute Gasteiger partial charge is 0.122 e. The molecule has 18 heavy (non-hydrogen) atoms. The fourth-order valence-electron chi connectivity index (χ4n) is 2.92. The fourth-order valence-corrected chi connectivity index (χ4v) is 2.92. The molecule has 0 bridgehead atoms. The van der Waals surface area contributed by atoms with Gasteiger partial charge in [-0.3, -0.25) is 0 Å². The largest absolute Gasteiger partial charge is 0.493 e. The van der Waals surface area contributed by atoms with Crippen LogP contribution >= 0.6 is 0 Å². The van der Waals surface area contributed by atoms with Gasteiger partial charge in [0.25, 0.3) is 0 Å². The number of rotatable bonds is 3. The molecule has 3 nitrogen and oxygen atoms in total. The Morgan fingerprint density at radius 3 is 2.67 bits per heavy atom. The molecule has 1 saturated heterocycles. The second kappa shape index (κ2) is 3.97. The SMILES string of the molecule is CNC(C)(C)C1(c2ccc3c(c2)CCO3)COC1. The maximum atomic E-state index is 5.58. The van der Waals surface area contributed by atoms with Crippen LogP contribution in [-0.4, -0.2) is 32.4 Å². The summed E-state index contributed by atoms with van der Waals surface area (Å²) < 4.78 is 11.1. The fraction of sp³-hybridized carbons (Fsp3) is 0.600. The molecule has 1 aromatic rings. The molecule has 0 amide bonds. The molecule has 0 radical (unpaired) electrons. The molecule has 1 aromatic carbocycles. The second-order valence-corrected chi connectivity index (χ2v) is 5.87. The molecule has 0 spiro atoms. The van der Waals surface area contributed by atoms with Crippen molar-refractivity contribution >= 4 is 0 Å². The Labute approximate surface area is 108 Å². The van der Waals surface area contributed by atoms with Crippen molar-refractivity contribution in [2.24, 2.45) is 0 Å². The summed E-state index contributed by atoms with van der Waals surface area (Å²) in [6, 6.07) is 6.62. The van der Waals surface area contributed by atoms with Crippen LogP contribution in [0.3, 0.4) is 0 Å². The molecule has 0 aromatic heterocycles. The third-order valence-corrected chi connectivity index (χ3v) is 4.76. The predicted molar refractivity (Wildman–Crippen MR) is 71.3 cm³/mol. The average molecular weight is 247 g/mol. The highest BCUT2D eigenvalue weighted by Gasteiger charge is 2.51. The van der Waals surface area contributed by atoms with Crippen molar-refractivity contribution in [3.63, 3.8) is 0 Å². The van der Waals surface area contributed by atoms with E-state index in [2.05, 4.69) is 37.4 Å². The average Bonchev–Trinajstić information content (AvgIpc) is 2.74. The number of hydrogen-bond donors (Lipinski definition) is 1. The van der Waals surface area contributed by atoms with Gasteiger partial charge in [-0.1, -0.05) is 12.1 Å². The van der Waals surface area contributed by atoms with Crippen LogP contribution in [0, 0.1) is 0 Å². The number of ether oxygens (including phenoxy) is 2. The van der Waals surface area contributed by atoms with E-state index in [1.165, 1.54) is 11.1 Å². The first-order chi connectivity index (χ1) is 8.59. The first-order valence-electron chi connectivity index (χ1n) is 6.62. The topological polar surface area (TPSA) is 30.5 Å². The van der Waals surface area contributed by atoms with E-state index in [-0.39, 0.29) is 11.0 Å². The Hall–Kier alpha value is -1.06. The van der Waals surface area contributed by atoms with Gasteiger partial charge in [0.05, 0.1) is 25.2 Å². The van der Waals surface area contributed by atoms with E-state index in [0.717, 1.165) is 32.0 Å². The van der Waals surface area contributed by atoms with Crippen molar-refractivity contribution in [2.45, 2.75) is 31.2 Å². The summed E-state index contributed by atoms with van der Waals surface area (Å²) in [6.45, 7) is 6.90. The van der Waals surface area contributed by atoms with Crippen LogP contribution < -0.4 is 10.1 Å². The Bertz CT molecular complexity index is 464. The highest BCUT2D eigenvalue weighted by Crippen LogP contribution is 2.43. The van der Waals surface area contributed by atoms with Gasteiger partial charge in [-0.15, -0.1) is 0 Å². The van der Waals surface area contributed by atoms with Crippen molar-refractivity contribution in [2.75, 3.05) is 26.9 Å². The lowest BCUT2D eigenvalue weighted by Gasteiger charge is -2.52. The summed E-state index contributed by atoms with van der Waals surface area (Å²) in [4.78, 5) is 0. The third-order valence-electron chi connectivity index (χ3n) is 4.76. The minimum atomic E-state index is 0.0267. The molecule has 0 saturated carbocycles. The molecule has 2 heterocycles. The maximum absolute atomic E-state index is 5.58. The van der Waals surface area contributed by atoms with Crippen LogP contribution in [0.2, 0.25) is 0 Å². The summed E-state index contributed by atoms with van der Waals surface area (Å²) in [7, 11) is 2.02. The zero-order valence-electron chi connectivity index (χ0n) is 11.4. The van der Waals surface area contributed by atoms with Gasteiger partial charge in [-0.2, -0.15) is 0 Å². The molecule has 3 heteroatoms. The molecule has 2 aliphatic rings. The molecule has 0 atom stereocenters. The zero-order chi connectivity index (χ0) is 12.8. The van der Waals surface area contributed by atoms with Gasteiger partial charge in [0, 0.05) is 12.0 Å². The van der Waals surface area contributed by atoms with Gasteiger partial charge >= 0.3 is 0 Å². The number of fused-ring (bicyclic) bond motifs is 1. The standard InChI is InChI=1S/C15H21NO2/c1-14(2,16-3)15(9-17-10-15)12-4-5-13-11(8-12)6-7-18-13/h4-5,8,16H,6-7,9-10H2,1-3H3. The van der Waals surface area contributed by atoms with Crippen molar-refractivity contribution in [3.8, 4) is 5.75 Å². The van der Waals surface area contributed by atoms with Crippen LogP contribution in [0.5, 0.6) is 5.75 Å². The van der Waals surface area contributed by atoms with E-state index in [1.807, 2.05) is 7.05 Å². The van der Waals surface area contributed by atoms with E-state index in [9.17, 15) is 0 Å². The summed E-state index contributed by atoms with van der Waals surface area (Å²) in [6.07, 6.45) is 1.03. The summed E-state index contributed by atoms with van der Waals surface area (Å²) in [5.74, 6) is 1.05. The predicted octanol–water partition coefficient (Wildman–Crippen LogP) is 1.89. The molecular weight excluding hydrogens is 226 g/mol. The Morgan fingerprint density at radius 2 is 2.06 bits per heavy atom. The molecular formula is C15H21NO2. The maximum Gasteiger partial charge on any atom is 0.122 e.